The highest BCUT2D eigenvalue weighted by atomic mass is 16.5. The molecule has 148 valence electrons. The predicted octanol–water partition coefficient (Wildman–Crippen LogP) is 1.02. The van der Waals surface area contributed by atoms with E-state index < -0.39 is 23.9 Å². The number of carbonyl (C=O) groups is 4. The zero-order chi connectivity index (χ0) is 21.4. The smallest absolute Gasteiger partial charge is 0.394 e. The fourth-order valence-corrected chi connectivity index (χ4v) is 2.34. The Hall–Kier alpha value is -4.19. The van der Waals surface area contributed by atoms with Gasteiger partial charge in [-0.15, -0.1) is 0 Å². The van der Waals surface area contributed by atoms with E-state index in [-0.39, 0.29) is 18.8 Å². The van der Waals surface area contributed by atoms with Crippen molar-refractivity contribution in [2.45, 2.75) is 12.5 Å². The van der Waals surface area contributed by atoms with Crippen LogP contribution < -0.4 is 10.1 Å². The molecular formula is C20H16N2O7. The van der Waals surface area contributed by atoms with Crippen LogP contribution in [0.2, 0.25) is 0 Å². The zero-order valence-electron chi connectivity index (χ0n) is 15.0. The van der Waals surface area contributed by atoms with Gasteiger partial charge in [-0.25, -0.2) is 9.59 Å². The minimum atomic E-state index is -1.77. The van der Waals surface area contributed by atoms with E-state index in [0.717, 1.165) is 0 Å². The van der Waals surface area contributed by atoms with E-state index in [1.807, 2.05) is 11.4 Å². The summed E-state index contributed by atoms with van der Waals surface area (Å²) >= 11 is 0. The number of nitriles is 1. The molecule has 0 unspecified atom stereocenters. The molecule has 0 radical (unpaired) electrons. The summed E-state index contributed by atoms with van der Waals surface area (Å²) in [7, 11) is 0. The maximum Gasteiger partial charge on any atom is 0.394 e. The number of nitrogens with one attached hydrogen (secondary N) is 1. The lowest BCUT2D eigenvalue weighted by atomic mass is 10.1. The number of nitrogens with zero attached hydrogens (tertiary/aromatic N) is 1. The number of ether oxygens (including phenoxy) is 1. The van der Waals surface area contributed by atoms with Crippen molar-refractivity contribution in [3.05, 3.63) is 65.2 Å². The van der Waals surface area contributed by atoms with Gasteiger partial charge in [0.1, 0.15) is 11.8 Å². The van der Waals surface area contributed by atoms with Crippen molar-refractivity contribution < 1.29 is 34.1 Å². The molecule has 0 aliphatic rings. The van der Waals surface area contributed by atoms with E-state index in [0.29, 0.717) is 22.4 Å². The minimum absolute atomic E-state index is 0.126. The SMILES string of the molecule is N#Cc1ccc(C(=O)COc2ccc(C[C@H](NC(=O)C(=O)O)C(=O)O)cc2)cc1. The van der Waals surface area contributed by atoms with Crippen LogP contribution in [0.25, 0.3) is 0 Å². The summed E-state index contributed by atoms with van der Waals surface area (Å²) in [6.45, 7) is -0.225. The molecule has 0 aromatic heterocycles. The minimum Gasteiger partial charge on any atom is -0.485 e. The number of amides is 1. The van der Waals surface area contributed by atoms with E-state index in [1.165, 1.54) is 36.4 Å². The Kier molecular flexibility index (Phi) is 7.03. The van der Waals surface area contributed by atoms with Gasteiger partial charge in [-0.3, -0.25) is 9.59 Å². The number of Topliss-reactive ketones (excluding diaryl/α,β-unsaturated/α-hetero) is 1. The molecule has 9 nitrogen and oxygen atoms in total. The number of carbonyl (C=O) groups excluding carboxylic acids is 2. The zero-order valence-corrected chi connectivity index (χ0v) is 15.0. The molecular weight excluding hydrogens is 380 g/mol. The van der Waals surface area contributed by atoms with Gasteiger partial charge in [-0.1, -0.05) is 12.1 Å². The van der Waals surface area contributed by atoms with E-state index >= 15 is 0 Å². The van der Waals surface area contributed by atoms with Gasteiger partial charge in [0, 0.05) is 12.0 Å². The fraction of sp³-hybridized carbons (Fsp3) is 0.150. The third-order valence-corrected chi connectivity index (χ3v) is 3.87. The average molecular weight is 396 g/mol. The number of carboxylic acid groups (broad SMARTS) is 2. The molecule has 2 rings (SSSR count). The van der Waals surface area contributed by atoms with Crippen LogP contribution in [0.15, 0.2) is 48.5 Å². The van der Waals surface area contributed by atoms with Crippen molar-refractivity contribution in [1.29, 1.82) is 5.26 Å². The molecule has 0 saturated heterocycles. The molecule has 3 N–H and O–H groups in total. The number of hydrogen-bond donors (Lipinski definition) is 3. The van der Waals surface area contributed by atoms with Crippen LogP contribution >= 0.6 is 0 Å². The first kappa shape index (κ1) is 21.1. The van der Waals surface area contributed by atoms with Crippen molar-refractivity contribution in [2.75, 3.05) is 6.61 Å². The van der Waals surface area contributed by atoms with E-state index in [4.69, 9.17) is 20.2 Å². The van der Waals surface area contributed by atoms with Gasteiger partial charge in [-0.2, -0.15) is 5.26 Å². The number of rotatable bonds is 8. The fourth-order valence-electron chi connectivity index (χ4n) is 2.34. The summed E-state index contributed by atoms with van der Waals surface area (Å²) in [4.78, 5) is 45.0. The number of aliphatic carboxylic acids is 2. The largest absolute Gasteiger partial charge is 0.485 e. The molecule has 0 fully saturated rings. The average Bonchev–Trinajstić information content (AvgIpc) is 2.72. The maximum atomic E-state index is 12.1. The quantitative estimate of drug-likeness (QED) is 0.441. The lowest BCUT2D eigenvalue weighted by molar-refractivity contribution is -0.152. The molecule has 9 heteroatoms. The summed E-state index contributed by atoms with van der Waals surface area (Å²) in [6.07, 6.45) is -0.126. The van der Waals surface area contributed by atoms with E-state index in [2.05, 4.69) is 0 Å². The Morgan fingerprint density at radius 1 is 1.00 bits per heavy atom. The molecule has 0 bridgehead atoms. The molecule has 0 heterocycles. The summed E-state index contributed by atoms with van der Waals surface area (Å²) in [6, 6.07) is 12.8. The molecule has 0 aliphatic heterocycles. The normalized spacial score (nSPS) is 11.0. The second-order valence-corrected chi connectivity index (χ2v) is 5.92. The van der Waals surface area contributed by atoms with Crippen LogP contribution in [0.3, 0.4) is 0 Å². The summed E-state index contributed by atoms with van der Waals surface area (Å²) in [5.41, 5.74) is 1.37. The monoisotopic (exact) mass is 396 g/mol. The lowest BCUT2D eigenvalue weighted by Crippen LogP contribution is -2.45. The topological polar surface area (TPSA) is 154 Å². The van der Waals surface area contributed by atoms with Crippen LogP contribution in [0, 0.1) is 11.3 Å². The molecule has 2 aromatic carbocycles. The molecule has 0 saturated carbocycles. The first-order valence-electron chi connectivity index (χ1n) is 8.32. The third kappa shape index (κ3) is 6.18. The molecule has 1 amide bonds. The second-order valence-electron chi connectivity index (χ2n) is 5.92. The summed E-state index contributed by atoms with van der Waals surface area (Å²) < 4.78 is 5.40. The highest BCUT2D eigenvalue weighted by Gasteiger charge is 2.23. The molecule has 0 spiro atoms. The van der Waals surface area contributed by atoms with Crippen LogP contribution in [-0.2, 0) is 20.8 Å². The van der Waals surface area contributed by atoms with Gasteiger partial charge < -0.3 is 20.3 Å². The van der Waals surface area contributed by atoms with Crippen molar-refractivity contribution in [1.82, 2.24) is 5.32 Å². The van der Waals surface area contributed by atoms with E-state index in [1.54, 1.807) is 12.1 Å². The first-order chi connectivity index (χ1) is 13.8. The second kappa shape index (κ2) is 9.66. The summed E-state index contributed by atoms with van der Waals surface area (Å²) in [5, 5.41) is 28.3. The number of ketones is 1. The van der Waals surface area contributed by atoms with Gasteiger partial charge in [0.15, 0.2) is 12.4 Å². The van der Waals surface area contributed by atoms with Crippen molar-refractivity contribution in [3.63, 3.8) is 0 Å². The van der Waals surface area contributed by atoms with Crippen LogP contribution in [-0.4, -0.2) is 46.5 Å². The van der Waals surface area contributed by atoms with Crippen LogP contribution in [0.5, 0.6) is 5.75 Å². The lowest BCUT2D eigenvalue weighted by Gasteiger charge is -2.13. The van der Waals surface area contributed by atoms with Gasteiger partial charge in [0.05, 0.1) is 11.6 Å². The molecule has 1 atom stereocenters. The number of carboxylic acids is 2. The van der Waals surface area contributed by atoms with Crippen molar-refractivity contribution in [3.8, 4) is 11.8 Å². The van der Waals surface area contributed by atoms with Gasteiger partial charge in [-0.05, 0) is 42.0 Å². The van der Waals surface area contributed by atoms with Crippen molar-refractivity contribution >= 4 is 23.6 Å². The van der Waals surface area contributed by atoms with Gasteiger partial charge in [0.2, 0.25) is 0 Å². The Bertz CT molecular complexity index is 960. The van der Waals surface area contributed by atoms with Crippen LogP contribution in [0.4, 0.5) is 0 Å². The Balaban J connectivity index is 1.94. The molecule has 2 aromatic rings. The maximum absolute atomic E-state index is 12.1. The number of hydrogen-bond acceptors (Lipinski definition) is 6. The predicted molar refractivity (Wildman–Crippen MR) is 98.3 cm³/mol. The van der Waals surface area contributed by atoms with Gasteiger partial charge >= 0.3 is 17.8 Å². The Morgan fingerprint density at radius 3 is 2.14 bits per heavy atom. The van der Waals surface area contributed by atoms with Crippen LogP contribution in [0.1, 0.15) is 21.5 Å². The van der Waals surface area contributed by atoms with Gasteiger partial charge in [0.25, 0.3) is 0 Å². The molecule has 29 heavy (non-hydrogen) atoms. The molecule has 0 aliphatic carbocycles. The van der Waals surface area contributed by atoms with E-state index in [9.17, 15) is 19.2 Å². The standard InChI is InChI=1S/C20H16N2O7/c21-10-13-1-5-14(6-2-13)17(23)11-29-15-7-3-12(4-8-15)9-16(19(25)26)22-18(24)20(27)28/h1-8,16H,9,11H2,(H,22,24)(H,25,26)(H,27,28)/t16-/m0/s1. The first-order valence-corrected chi connectivity index (χ1v) is 8.32. The van der Waals surface area contributed by atoms with Crippen molar-refractivity contribution in [2.24, 2.45) is 0 Å². The number of benzene rings is 2. The highest BCUT2D eigenvalue weighted by Crippen LogP contribution is 2.14. The highest BCUT2D eigenvalue weighted by molar-refractivity contribution is 6.31. The summed E-state index contributed by atoms with van der Waals surface area (Å²) in [5.74, 6) is -4.45. The Labute approximate surface area is 165 Å². The Morgan fingerprint density at radius 2 is 1.62 bits per heavy atom. The third-order valence-electron chi connectivity index (χ3n) is 3.87.